The Balaban J connectivity index is 0.000000292. The minimum Gasteiger partial charge on any atom is -0.372 e. The zero-order valence-corrected chi connectivity index (χ0v) is 5.94. The maximum atomic E-state index is 10.0. The van der Waals surface area contributed by atoms with Crippen molar-refractivity contribution >= 4 is 12.7 Å². The fraction of sp³-hybridized carbons (Fsp3) is 0. The number of carbonyl (C=O) groups is 2. The highest BCUT2D eigenvalue weighted by atomic mass is 16.1. The van der Waals surface area contributed by atoms with Crippen molar-refractivity contribution in [1.82, 2.24) is 0 Å². The molecule has 1 rings (SSSR count). The number of aldehydes is 1. The van der Waals surface area contributed by atoms with Gasteiger partial charge in [0.25, 0.3) is 0 Å². The van der Waals surface area contributed by atoms with Gasteiger partial charge in [0.2, 0.25) is 6.41 Å². The molecule has 0 aliphatic carbocycles. The van der Waals surface area contributed by atoms with E-state index in [-0.39, 0.29) is 6.41 Å². The zero-order chi connectivity index (χ0) is 8.53. The fourth-order valence-corrected chi connectivity index (χ4v) is 0.532. The van der Waals surface area contributed by atoms with Crippen molar-refractivity contribution in [3.63, 3.8) is 0 Å². The molecule has 2 N–H and O–H groups in total. The van der Waals surface area contributed by atoms with Gasteiger partial charge in [-0.3, -0.25) is 9.59 Å². The van der Waals surface area contributed by atoms with Crippen LogP contribution in [0.3, 0.4) is 0 Å². The molecule has 3 heteroatoms. The Bertz CT molecular complexity index is 209. The van der Waals surface area contributed by atoms with Crippen molar-refractivity contribution in [3.05, 3.63) is 35.9 Å². The van der Waals surface area contributed by atoms with Crippen LogP contribution in [0.5, 0.6) is 0 Å². The maximum absolute atomic E-state index is 10.0. The quantitative estimate of drug-likeness (QED) is 0.597. The van der Waals surface area contributed by atoms with Gasteiger partial charge >= 0.3 is 0 Å². The Morgan fingerprint density at radius 3 is 1.82 bits per heavy atom. The zero-order valence-electron chi connectivity index (χ0n) is 5.94. The molecule has 58 valence electrons. The van der Waals surface area contributed by atoms with E-state index in [1.54, 1.807) is 12.1 Å². The predicted molar refractivity (Wildman–Crippen MR) is 42.1 cm³/mol. The van der Waals surface area contributed by atoms with Crippen molar-refractivity contribution in [3.8, 4) is 0 Å². The maximum Gasteiger partial charge on any atom is 0.204 e. The van der Waals surface area contributed by atoms with Gasteiger partial charge in [0.05, 0.1) is 0 Å². The van der Waals surface area contributed by atoms with Crippen LogP contribution < -0.4 is 5.73 Å². The lowest BCUT2D eigenvalue weighted by Gasteiger charge is -1.81. The van der Waals surface area contributed by atoms with E-state index < -0.39 is 0 Å². The molecule has 0 bridgehead atoms. The summed E-state index contributed by atoms with van der Waals surface area (Å²) in [7, 11) is 0. The number of hydrogen-bond donors (Lipinski definition) is 1. The first-order valence-corrected chi connectivity index (χ1v) is 3.00. The average molecular weight is 151 g/mol. The molecule has 0 spiro atoms. The Kier molecular flexibility index (Phi) is 5.51. The van der Waals surface area contributed by atoms with Crippen LogP contribution in [-0.4, -0.2) is 12.7 Å². The van der Waals surface area contributed by atoms with E-state index in [1.807, 2.05) is 18.2 Å². The molecule has 0 fully saturated rings. The van der Waals surface area contributed by atoms with Crippen LogP contribution >= 0.6 is 0 Å². The van der Waals surface area contributed by atoms with Gasteiger partial charge in [-0.1, -0.05) is 30.3 Å². The summed E-state index contributed by atoms with van der Waals surface area (Å²) in [4.78, 5) is 18.6. The van der Waals surface area contributed by atoms with E-state index in [1.165, 1.54) is 0 Å². The van der Waals surface area contributed by atoms with Crippen molar-refractivity contribution in [2.24, 2.45) is 5.73 Å². The molecule has 0 aliphatic rings. The summed E-state index contributed by atoms with van der Waals surface area (Å²) in [5.74, 6) is 0. The molecule has 3 nitrogen and oxygen atoms in total. The van der Waals surface area contributed by atoms with Gasteiger partial charge in [-0.2, -0.15) is 0 Å². The number of amides is 1. The van der Waals surface area contributed by atoms with Gasteiger partial charge in [0, 0.05) is 5.56 Å². The van der Waals surface area contributed by atoms with E-state index in [0.29, 0.717) is 0 Å². The molecule has 0 heterocycles. The number of primary amides is 1. The summed E-state index contributed by atoms with van der Waals surface area (Å²) in [5.41, 5.74) is 4.90. The average Bonchev–Trinajstić information content (AvgIpc) is 2.08. The molecule has 1 aromatic carbocycles. The Hall–Kier alpha value is -1.64. The van der Waals surface area contributed by atoms with E-state index in [9.17, 15) is 4.79 Å². The summed E-state index contributed by atoms with van der Waals surface area (Å²) in [6, 6.07) is 9.10. The smallest absolute Gasteiger partial charge is 0.204 e. The van der Waals surface area contributed by atoms with Gasteiger partial charge in [0.1, 0.15) is 6.29 Å². The summed E-state index contributed by atoms with van der Waals surface area (Å²) in [6.45, 7) is 0. The standard InChI is InChI=1S/C7H6O.CH3NO/c8-6-7-4-2-1-3-5-7;2-1-3/h1-6H;1H,(H2,2,3). The second kappa shape index (κ2) is 6.48. The first-order chi connectivity index (χ1) is 5.35. The molecule has 0 saturated carbocycles. The molecule has 11 heavy (non-hydrogen) atoms. The molecule has 0 radical (unpaired) electrons. The lowest BCUT2D eigenvalue weighted by molar-refractivity contribution is -0.106. The largest absolute Gasteiger partial charge is 0.372 e. The lowest BCUT2D eigenvalue weighted by atomic mass is 10.2. The van der Waals surface area contributed by atoms with E-state index in [4.69, 9.17) is 4.79 Å². The molecule has 0 atom stereocenters. The molecule has 1 amide bonds. The second-order valence-electron chi connectivity index (χ2n) is 1.66. The van der Waals surface area contributed by atoms with E-state index in [0.717, 1.165) is 11.8 Å². The first-order valence-electron chi connectivity index (χ1n) is 3.00. The van der Waals surface area contributed by atoms with Gasteiger partial charge in [-0.15, -0.1) is 0 Å². The first kappa shape index (κ1) is 9.36. The highest BCUT2D eigenvalue weighted by Gasteiger charge is 1.79. The van der Waals surface area contributed by atoms with Crippen LogP contribution in [0.4, 0.5) is 0 Å². The minimum absolute atomic E-state index is 0.250. The summed E-state index contributed by atoms with van der Waals surface area (Å²) in [5, 5.41) is 0. The van der Waals surface area contributed by atoms with Crippen LogP contribution in [0.1, 0.15) is 10.4 Å². The molecule has 0 unspecified atom stereocenters. The molecular weight excluding hydrogens is 142 g/mol. The van der Waals surface area contributed by atoms with Crippen LogP contribution in [0, 0.1) is 0 Å². The molecular formula is C8H9NO2. The highest BCUT2D eigenvalue weighted by molar-refractivity contribution is 5.74. The number of nitrogens with two attached hydrogens (primary N) is 1. The van der Waals surface area contributed by atoms with Gasteiger partial charge in [-0.05, 0) is 0 Å². The number of benzene rings is 1. The van der Waals surface area contributed by atoms with Gasteiger partial charge < -0.3 is 5.73 Å². The third kappa shape index (κ3) is 4.84. The third-order valence-corrected chi connectivity index (χ3v) is 0.936. The topological polar surface area (TPSA) is 60.2 Å². The molecule has 0 saturated heterocycles. The van der Waals surface area contributed by atoms with E-state index in [2.05, 4.69) is 5.73 Å². The SMILES string of the molecule is NC=O.O=Cc1ccccc1. The van der Waals surface area contributed by atoms with Crippen LogP contribution in [0.2, 0.25) is 0 Å². The number of hydrogen-bond acceptors (Lipinski definition) is 2. The fourth-order valence-electron chi connectivity index (χ4n) is 0.532. The minimum atomic E-state index is 0.250. The Morgan fingerprint density at radius 1 is 1.09 bits per heavy atom. The summed E-state index contributed by atoms with van der Waals surface area (Å²) >= 11 is 0. The van der Waals surface area contributed by atoms with Crippen molar-refractivity contribution in [1.29, 1.82) is 0 Å². The highest BCUT2D eigenvalue weighted by Crippen LogP contribution is 1.91. The molecule has 1 aromatic rings. The molecule has 0 aromatic heterocycles. The van der Waals surface area contributed by atoms with Crippen LogP contribution in [0.15, 0.2) is 30.3 Å². The van der Waals surface area contributed by atoms with E-state index >= 15 is 0 Å². The Morgan fingerprint density at radius 2 is 1.55 bits per heavy atom. The molecule has 0 aliphatic heterocycles. The lowest BCUT2D eigenvalue weighted by Crippen LogP contribution is -1.82. The van der Waals surface area contributed by atoms with Crippen LogP contribution in [0.25, 0.3) is 0 Å². The second-order valence-corrected chi connectivity index (χ2v) is 1.66. The van der Waals surface area contributed by atoms with Crippen molar-refractivity contribution < 1.29 is 9.59 Å². The third-order valence-electron chi connectivity index (χ3n) is 0.936. The monoisotopic (exact) mass is 151 g/mol. The van der Waals surface area contributed by atoms with Crippen molar-refractivity contribution in [2.45, 2.75) is 0 Å². The van der Waals surface area contributed by atoms with Crippen LogP contribution in [-0.2, 0) is 4.79 Å². The van der Waals surface area contributed by atoms with Crippen molar-refractivity contribution in [2.75, 3.05) is 0 Å². The Labute approximate surface area is 64.8 Å². The number of rotatable bonds is 1. The summed E-state index contributed by atoms with van der Waals surface area (Å²) in [6.07, 6.45) is 1.08. The normalized spacial score (nSPS) is 7.27. The van der Waals surface area contributed by atoms with Gasteiger partial charge in [0.15, 0.2) is 0 Å². The summed E-state index contributed by atoms with van der Waals surface area (Å²) < 4.78 is 0. The number of carbonyl (C=O) groups excluding carboxylic acids is 2. The predicted octanol–water partition coefficient (Wildman–Crippen LogP) is 0.601. The van der Waals surface area contributed by atoms with Gasteiger partial charge in [-0.25, -0.2) is 0 Å².